The van der Waals surface area contributed by atoms with Crippen molar-refractivity contribution in [3.8, 4) is 0 Å². The molecule has 13 heavy (non-hydrogen) atoms. The third-order valence-electron chi connectivity index (χ3n) is 2.21. The molecule has 0 aliphatic carbocycles. The van der Waals surface area contributed by atoms with Crippen molar-refractivity contribution in [2.24, 2.45) is 0 Å². The van der Waals surface area contributed by atoms with Gasteiger partial charge in [-0.3, -0.25) is 0 Å². The van der Waals surface area contributed by atoms with Crippen LogP contribution in [-0.2, 0) is 0 Å². The normalized spacial score (nSPS) is 10.9. The molecule has 3 heteroatoms. The Hall–Kier alpha value is -0.670. The maximum absolute atomic E-state index is 5.91. The minimum absolute atomic E-state index is 0.902. The van der Waals surface area contributed by atoms with Gasteiger partial charge in [0.15, 0.2) is 0 Å². The Labute approximate surface area is 85.9 Å². The second kappa shape index (κ2) is 3.24. The van der Waals surface area contributed by atoms with Crippen LogP contribution < -0.4 is 5.73 Å². The van der Waals surface area contributed by atoms with E-state index in [0.29, 0.717) is 0 Å². The van der Waals surface area contributed by atoms with Crippen LogP contribution in [0.4, 0.5) is 5.69 Å². The standard InChI is InChI=1S/C10H11NS2/c1-6-8(11)5-9(12-2)7-3-4-13-10(6)7/h3-5H,11H2,1-2H3. The summed E-state index contributed by atoms with van der Waals surface area (Å²) in [5, 5.41) is 3.46. The lowest BCUT2D eigenvalue weighted by atomic mass is 10.1. The van der Waals surface area contributed by atoms with Crippen LogP contribution >= 0.6 is 23.1 Å². The molecule has 1 heterocycles. The van der Waals surface area contributed by atoms with Gasteiger partial charge in [-0.1, -0.05) is 0 Å². The summed E-state index contributed by atoms with van der Waals surface area (Å²) in [6.45, 7) is 2.08. The molecule has 0 saturated heterocycles. The van der Waals surface area contributed by atoms with Crippen LogP contribution in [0.1, 0.15) is 5.56 Å². The Morgan fingerprint density at radius 2 is 2.23 bits per heavy atom. The van der Waals surface area contributed by atoms with Gasteiger partial charge in [-0.05, 0) is 36.3 Å². The van der Waals surface area contributed by atoms with Crippen LogP contribution in [0.2, 0.25) is 0 Å². The highest BCUT2D eigenvalue weighted by molar-refractivity contribution is 7.98. The van der Waals surface area contributed by atoms with Gasteiger partial charge < -0.3 is 5.73 Å². The fourth-order valence-corrected chi connectivity index (χ4v) is 3.06. The minimum Gasteiger partial charge on any atom is -0.398 e. The van der Waals surface area contributed by atoms with Crippen LogP contribution in [0.15, 0.2) is 22.4 Å². The quantitative estimate of drug-likeness (QED) is 0.574. The molecule has 0 bridgehead atoms. The van der Waals surface area contributed by atoms with E-state index < -0.39 is 0 Å². The van der Waals surface area contributed by atoms with Crippen LogP contribution in [-0.4, -0.2) is 6.26 Å². The molecule has 2 N–H and O–H groups in total. The molecule has 0 aliphatic rings. The van der Waals surface area contributed by atoms with E-state index in [0.717, 1.165) is 5.69 Å². The number of nitrogen functional groups attached to an aromatic ring is 1. The summed E-state index contributed by atoms with van der Waals surface area (Å²) in [5.41, 5.74) is 8.03. The second-order valence-corrected chi connectivity index (χ2v) is 4.72. The molecule has 0 atom stereocenters. The van der Waals surface area contributed by atoms with Gasteiger partial charge in [0.1, 0.15) is 0 Å². The van der Waals surface area contributed by atoms with Crippen molar-refractivity contribution in [1.82, 2.24) is 0 Å². The predicted molar refractivity (Wildman–Crippen MR) is 62.8 cm³/mol. The number of rotatable bonds is 1. The van der Waals surface area contributed by atoms with Gasteiger partial charge in [0.05, 0.1) is 0 Å². The largest absolute Gasteiger partial charge is 0.398 e. The smallest absolute Gasteiger partial charge is 0.0403 e. The van der Waals surface area contributed by atoms with Crippen LogP contribution in [0.3, 0.4) is 0 Å². The van der Waals surface area contributed by atoms with E-state index in [1.54, 1.807) is 23.1 Å². The molecule has 1 nitrogen and oxygen atoms in total. The number of hydrogen-bond acceptors (Lipinski definition) is 3. The zero-order valence-corrected chi connectivity index (χ0v) is 9.26. The summed E-state index contributed by atoms with van der Waals surface area (Å²) in [6.07, 6.45) is 2.08. The van der Waals surface area contributed by atoms with Gasteiger partial charge >= 0.3 is 0 Å². The molecule has 2 aromatic rings. The Balaban J connectivity index is 2.87. The lowest BCUT2D eigenvalue weighted by Crippen LogP contribution is -1.89. The highest BCUT2D eigenvalue weighted by Crippen LogP contribution is 2.35. The average Bonchev–Trinajstić information content (AvgIpc) is 2.60. The molecule has 0 saturated carbocycles. The van der Waals surface area contributed by atoms with Crippen molar-refractivity contribution in [3.63, 3.8) is 0 Å². The van der Waals surface area contributed by atoms with Crippen molar-refractivity contribution < 1.29 is 0 Å². The van der Waals surface area contributed by atoms with E-state index in [1.807, 2.05) is 0 Å². The monoisotopic (exact) mass is 209 g/mol. The first-order valence-corrected chi connectivity index (χ1v) is 6.14. The van der Waals surface area contributed by atoms with Crippen LogP contribution in [0, 0.1) is 6.92 Å². The molecule has 68 valence electrons. The van der Waals surface area contributed by atoms with Gasteiger partial charge in [0.2, 0.25) is 0 Å². The lowest BCUT2D eigenvalue weighted by Gasteiger charge is -2.05. The van der Waals surface area contributed by atoms with E-state index in [1.165, 1.54) is 20.5 Å². The molecule has 0 fully saturated rings. The zero-order valence-electron chi connectivity index (χ0n) is 7.63. The SMILES string of the molecule is CSc1cc(N)c(C)c2sccc12. The van der Waals surface area contributed by atoms with Gasteiger partial charge in [-0.2, -0.15) is 0 Å². The zero-order chi connectivity index (χ0) is 9.42. The van der Waals surface area contributed by atoms with Crippen molar-refractivity contribution in [1.29, 1.82) is 0 Å². The molecule has 2 rings (SSSR count). The fraction of sp³-hybridized carbons (Fsp3) is 0.200. The topological polar surface area (TPSA) is 26.0 Å². The molecule has 0 amide bonds. The molecule has 0 radical (unpaired) electrons. The number of thioether (sulfide) groups is 1. The summed E-state index contributed by atoms with van der Waals surface area (Å²) in [4.78, 5) is 1.28. The van der Waals surface area contributed by atoms with Crippen molar-refractivity contribution in [3.05, 3.63) is 23.1 Å². The van der Waals surface area contributed by atoms with Crippen LogP contribution in [0.5, 0.6) is 0 Å². The minimum atomic E-state index is 0.902. The number of nitrogens with two attached hydrogens (primary N) is 1. The first-order chi connectivity index (χ1) is 6.24. The van der Waals surface area contributed by atoms with E-state index in [-0.39, 0.29) is 0 Å². The molecular formula is C10H11NS2. The Kier molecular flexibility index (Phi) is 2.22. The maximum Gasteiger partial charge on any atom is 0.0403 e. The van der Waals surface area contributed by atoms with Gasteiger partial charge in [-0.25, -0.2) is 0 Å². The van der Waals surface area contributed by atoms with Crippen LogP contribution in [0.25, 0.3) is 10.1 Å². The van der Waals surface area contributed by atoms with E-state index >= 15 is 0 Å². The number of anilines is 1. The van der Waals surface area contributed by atoms with E-state index in [4.69, 9.17) is 5.73 Å². The van der Waals surface area contributed by atoms with Gasteiger partial charge in [0.25, 0.3) is 0 Å². The average molecular weight is 209 g/mol. The summed E-state index contributed by atoms with van der Waals surface area (Å²) in [6, 6.07) is 4.23. The van der Waals surface area contributed by atoms with E-state index in [9.17, 15) is 0 Å². The molecule has 1 aromatic carbocycles. The predicted octanol–water partition coefficient (Wildman–Crippen LogP) is 3.51. The molecule has 0 aliphatic heterocycles. The lowest BCUT2D eigenvalue weighted by molar-refractivity contribution is 1.48. The number of fused-ring (bicyclic) bond motifs is 1. The first-order valence-electron chi connectivity index (χ1n) is 4.04. The molecular weight excluding hydrogens is 198 g/mol. The highest BCUT2D eigenvalue weighted by atomic mass is 32.2. The Morgan fingerprint density at radius 3 is 2.92 bits per heavy atom. The van der Waals surface area contributed by atoms with Gasteiger partial charge in [0, 0.05) is 20.7 Å². The van der Waals surface area contributed by atoms with Gasteiger partial charge in [-0.15, -0.1) is 23.1 Å². The first kappa shape index (κ1) is 8.91. The summed E-state index contributed by atoms with van der Waals surface area (Å²) >= 11 is 3.52. The molecule has 0 unspecified atom stereocenters. The molecule has 0 spiro atoms. The number of thiophene rings is 1. The second-order valence-electron chi connectivity index (χ2n) is 2.96. The Morgan fingerprint density at radius 1 is 1.46 bits per heavy atom. The number of aryl methyl sites for hydroxylation is 1. The molecule has 1 aromatic heterocycles. The van der Waals surface area contributed by atoms with E-state index in [2.05, 4.69) is 30.7 Å². The summed E-state index contributed by atoms with van der Waals surface area (Å²) in [7, 11) is 0. The maximum atomic E-state index is 5.91. The highest BCUT2D eigenvalue weighted by Gasteiger charge is 2.07. The third-order valence-corrected chi connectivity index (χ3v) is 4.02. The Bertz CT molecular complexity index is 445. The summed E-state index contributed by atoms with van der Waals surface area (Å²) in [5.74, 6) is 0. The van der Waals surface area contributed by atoms with Crippen molar-refractivity contribution >= 4 is 38.9 Å². The summed E-state index contributed by atoms with van der Waals surface area (Å²) < 4.78 is 1.32. The fourth-order valence-electron chi connectivity index (χ4n) is 1.42. The number of benzene rings is 1. The third kappa shape index (κ3) is 1.32. The number of hydrogen-bond donors (Lipinski definition) is 1. The van der Waals surface area contributed by atoms with Crippen molar-refractivity contribution in [2.45, 2.75) is 11.8 Å². The van der Waals surface area contributed by atoms with Crippen molar-refractivity contribution in [2.75, 3.05) is 12.0 Å².